The van der Waals surface area contributed by atoms with Gasteiger partial charge in [0.05, 0.1) is 15.7 Å². The number of hydrogen-bond acceptors (Lipinski definition) is 2. The Morgan fingerprint density at radius 2 is 1.94 bits per heavy atom. The normalized spacial score (nSPS) is 22.8. The second-order valence-corrected chi connectivity index (χ2v) is 7.13. The molecule has 1 aliphatic rings. The molecule has 2 rings (SSSR count). The molecule has 0 spiro atoms. The largest absolute Gasteiger partial charge is 0.379 e. The first-order chi connectivity index (χ1) is 8.40. The first kappa shape index (κ1) is 14.4. The number of piperidine rings is 1. The summed E-state index contributed by atoms with van der Waals surface area (Å²) in [6.07, 6.45) is 1.07. The Kier molecular flexibility index (Phi) is 4.48. The topological polar surface area (TPSA) is 24.1 Å². The Morgan fingerprint density at radius 1 is 1.33 bits per heavy atom. The fourth-order valence-corrected chi connectivity index (χ4v) is 3.61. The molecule has 100 valence electrons. The van der Waals surface area contributed by atoms with Gasteiger partial charge < -0.3 is 10.6 Å². The SMILES string of the molecule is CC1(C)CNCCC1Nc1c(Cl)cc(Br)cc1Cl. The first-order valence-corrected chi connectivity index (χ1v) is 7.57. The highest BCUT2D eigenvalue weighted by molar-refractivity contribution is 9.10. The maximum absolute atomic E-state index is 6.25. The van der Waals surface area contributed by atoms with E-state index in [0.29, 0.717) is 16.1 Å². The van der Waals surface area contributed by atoms with Gasteiger partial charge in [0.1, 0.15) is 0 Å². The van der Waals surface area contributed by atoms with Crippen LogP contribution in [0.4, 0.5) is 5.69 Å². The van der Waals surface area contributed by atoms with Gasteiger partial charge >= 0.3 is 0 Å². The summed E-state index contributed by atoms with van der Waals surface area (Å²) in [5.74, 6) is 0. The monoisotopic (exact) mass is 350 g/mol. The molecule has 0 amide bonds. The highest BCUT2D eigenvalue weighted by Crippen LogP contribution is 2.37. The average molecular weight is 352 g/mol. The van der Waals surface area contributed by atoms with Crippen LogP contribution >= 0.6 is 39.1 Å². The van der Waals surface area contributed by atoms with E-state index in [9.17, 15) is 0 Å². The van der Waals surface area contributed by atoms with Crippen molar-refractivity contribution in [3.05, 3.63) is 26.7 Å². The molecule has 1 saturated heterocycles. The molecule has 5 heteroatoms. The van der Waals surface area contributed by atoms with E-state index in [4.69, 9.17) is 23.2 Å². The molecule has 2 N–H and O–H groups in total. The second-order valence-electron chi connectivity index (χ2n) is 5.40. The van der Waals surface area contributed by atoms with Crippen molar-refractivity contribution in [1.82, 2.24) is 5.32 Å². The van der Waals surface area contributed by atoms with Crippen LogP contribution in [0.3, 0.4) is 0 Å². The molecule has 0 bridgehead atoms. The minimum Gasteiger partial charge on any atom is -0.379 e. The Morgan fingerprint density at radius 3 is 2.50 bits per heavy atom. The summed E-state index contributed by atoms with van der Waals surface area (Å²) in [5, 5.41) is 8.24. The number of hydrogen-bond donors (Lipinski definition) is 2. The van der Waals surface area contributed by atoms with Crippen molar-refractivity contribution in [3.8, 4) is 0 Å². The zero-order valence-corrected chi connectivity index (χ0v) is 13.6. The van der Waals surface area contributed by atoms with E-state index in [1.54, 1.807) is 0 Å². The summed E-state index contributed by atoms with van der Waals surface area (Å²) in [7, 11) is 0. The van der Waals surface area contributed by atoms with E-state index >= 15 is 0 Å². The lowest BCUT2D eigenvalue weighted by Crippen LogP contribution is -2.49. The van der Waals surface area contributed by atoms with Gasteiger partial charge in [-0.25, -0.2) is 0 Å². The van der Waals surface area contributed by atoms with Crippen LogP contribution in [-0.4, -0.2) is 19.1 Å². The lowest BCUT2D eigenvalue weighted by Gasteiger charge is -2.40. The molecular formula is C13H17BrCl2N2. The molecule has 1 aromatic rings. The average Bonchev–Trinajstić information content (AvgIpc) is 2.24. The molecule has 0 aliphatic carbocycles. The van der Waals surface area contributed by atoms with E-state index in [2.05, 4.69) is 40.4 Å². The fourth-order valence-electron chi connectivity index (χ4n) is 2.29. The molecule has 18 heavy (non-hydrogen) atoms. The second kappa shape index (κ2) is 5.58. The molecule has 0 saturated carbocycles. The maximum atomic E-state index is 6.25. The van der Waals surface area contributed by atoms with E-state index in [1.807, 2.05) is 12.1 Å². The van der Waals surface area contributed by atoms with Crippen molar-refractivity contribution in [3.63, 3.8) is 0 Å². The molecule has 0 aromatic heterocycles. The molecule has 1 unspecified atom stereocenters. The van der Waals surface area contributed by atoms with Gasteiger partial charge in [-0.1, -0.05) is 53.0 Å². The fraction of sp³-hybridized carbons (Fsp3) is 0.538. The van der Waals surface area contributed by atoms with E-state index in [1.165, 1.54) is 0 Å². The molecule has 1 aromatic carbocycles. The van der Waals surface area contributed by atoms with E-state index in [-0.39, 0.29) is 5.41 Å². The van der Waals surface area contributed by atoms with Crippen LogP contribution < -0.4 is 10.6 Å². The first-order valence-electron chi connectivity index (χ1n) is 6.02. The zero-order chi connectivity index (χ0) is 13.3. The molecule has 1 aliphatic heterocycles. The predicted octanol–water partition coefficient (Wildman–Crippen LogP) is 4.56. The third-order valence-electron chi connectivity index (χ3n) is 3.46. The van der Waals surface area contributed by atoms with Gasteiger partial charge in [-0.15, -0.1) is 0 Å². The molecule has 0 radical (unpaired) electrons. The predicted molar refractivity (Wildman–Crippen MR) is 82.8 cm³/mol. The van der Waals surface area contributed by atoms with Gasteiger partial charge in [0.2, 0.25) is 0 Å². The summed E-state index contributed by atoms with van der Waals surface area (Å²) in [5.41, 5.74) is 1.01. The number of rotatable bonds is 2. The summed E-state index contributed by atoms with van der Waals surface area (Å²) >= 11 is 15.9. The Balaban J connectivity index is 2.23. The Labute approximate surface area is 127 Å². The number of benzene rings is 1. The van der Waals surface area contributed by atoms with Gasteiger partial charge in [0.25, 0.3) is 0 Å². The van der Waals surface area contributed by atoms with Crippen LogP contribution in [0, 0.1) is 5.41 Å². The number of nitrogens with one attached hydrogen (secondary N) is 2. The molecule has 1 atom stereocenters. The van der Waals surface area contributed by atoms with Crippen molar-refractivity contribution in [2.75, 3.05) is 18.4 Å². The molecule has 2 nitrogen and oxygen atoms in total. The van der Waals surface area contributed by atoms with Gasteiger partial charge in [-0.05, 0) is 30.5 Å². The zero-order valence-electron chi connectivity index (χ0n) is 10.5. The molecule has 1 fully saturated rings. The van der Waals surface area contributed by atoms with Crippen LogP contribution in [0.2, 0.25) is 10.0 Å². The van der Waals surface area contributed by atoms with Crippen LogP contribution in [0.15, 0.2) is 16.6 Å². The quantitative estimate of drug-likeness (QED) is 0.816. The van der Waals surface area contributed by atoms with Crippen LogP contribution in [0.25, 0.3) is 0 Å². The van der Waals surface area contributed by atoms with Crippen LogP contribution in [0.5, 0.6) is 0 Å². The van der Waals surface area contributed by atoms with Crippen molar-refractivity contribution in [1.29, 1.82) is 0 Å². The van der Waals surface area contributed by atoms with Crippen molar-refractivity contribution < 1.29 is 0 Å². The van der Waals surface area contributed by atoms with Crippen LogP contribution in [0.1, 0.15) is 20.3 Å². The number of halogens is 3. The lowest BCUT2D eigenvalue weighted by atomic mass is 9.80. The third-order valence-corrected chi connectivity index (χ3v) is 4.51. The third kappa shape index (κ3) is 3.13. The number of anilines is 1. The minimum atomic E-state index is 0.179. The standard InChI is InChI=1S/C13H17BrCl2N2/c1-13(2)7-17-4-3-11(13)18-12-9(15)5-8(14)6-10(12)16/h5-6,11,17-18H,3-4,7H2,1-2H3. The van der Waals surface area contributed by atoms with Gasteiger partial charge in [0.15, 0.2) is 0 Å². The summed E-state index contributed by atoms with van der Waals surface area (Å²) < 4.78 is 0.896. The summed E-state index contributed by atoms with van der Waals surface area (Å²) in [4.78, 5) is 0. The summed E-state index contributed by atoms with van der Waals surface area (Å²) in [6.45, 7) is 6.51. The smallest absolute Gasteiger partial charge is 0.0722 e. The highest BCUT2D eigenvalue weighted by atomic mass is 79.9. The minimum absolute atomic E-state index is 0.179. The molecule has 1 heterocycles. The Bertz CT molecular complexity index is 426. The van der Waals surface area contributed by atoms with Crippen molar-refractivity contribution >= 4 is 44.8 Å². The van der Waals surface area contributed by atoms with Gasteiger partial charge in [-0.3, -0.25) is 0 Å². The summed E-state index contributed by atoms with van der Waals surface area (Å²) in [6, 6.07) is 4.10. The highest BCUT2D eigenvalue weighted by Gasteiger charge is 2.32. The molecular weight excluding hydrogens is 335 g/mol. The maximum Gasteiger partial charge on any atom is 0.0722 e. The van der Waals surface area contributed by atoms with E-state index < -0.39 is 0 Å². The van der Waals surface area contributed by atoms with Crippen molar-refractivity contribution in [2.45, 2.75) is 26.3 Å². The van der Waals surface area contributed by atoms with E-state index in [0.717, 1.165) is 29.7 Å². The lowest BCUT2D eigenvalue weighted by molar-refractivity contribution is 0.236. The van der Waals surface area contributed by atoms with Gasteiger partial charge in [-0.2, -0.15) is 0 Å². The Hall–Kier alpha value is 0.0400. The van der Waals surface area contributed by atoms with Gasteiger partial charge in [0, 0.05) is 17.1 Å². The van der Waals surface area contributed by atoms with Crippen molar-refractivity contribution in [2.24, 2.45) is 5.41 Å². The van der Waals surface area contributed by atoms with Crippen LogP contribution in [-0.2, 0) is 0 Å².